The van der Waals surface area contributed by atoms with E-state index in [-0.39, 0.29) is 29.3 Å². The molecule has 8 heteroatoms. The average molecular weight is 449 g/mol. The van der Waals surface area contributed by atoms with Crippen LogP contribution in [-0.2, 0) is 9.53 Å². The zero-order chi connectivity index (χ0) is 24.4. The zero-order valence-corrected chi connectivity index (χ0v) is 19.7. The van der Waals surface area contributed by atoms with Crippen LogP contribution < -0.4 is 15.2 Å². The van der Waals surface area contributed by atoms with Crippen LogP contribution in [0.2, 0.25) is 0 Å². The third kappa shape index (κ3) is 12.4. The topological polar surface area (TPSA) is 121 Å². The Morgan fingerprint density at radius 3 is 2.19 bits per heavy atom. The third-order valence-corrected chi connectivity index (χ3v) is 3.90. The number of ether oxygens (including phenoxy) is 3. The Labute approximate surface area is 190 Å². The summed E-state index contributed by atoms with van der Waals surface area (Å²) in [5.74, 6) is -0.339. The number of benzene rings is 1. The van der Waals surface area contributed by atoms with Crippen LogP contribution in [0.5, 0.6) is 17.2 Å². The number of primary amides is 1. The highest BCUT2D eigenvalue weighted by molar-refractivity contribution is 5.94. The van der Waals surface area contributed by atoms with Crippen LogP contribution in [0.25, 0.3) is 0 Å². The first-order valence-electron chi connectivity index (χ1n) is 10.7. The van der Waals surface area contributed by atoms with Gasteiger partial charge in [-0.1, -0.05) is 58.2 Å². The quantitative estimate of drug-likeness (QED) is 0.542. The van der Waals surface area contributed by atoms with E-state index in [4.69, 9.17) is 19.9 Å². The van der Waals surface area contributed by atoms with Gasteiger partial charge in [-0.25, -0.2) is 4.98 Å². The lowest BCUT2D eigenvalue weighted by molar-refractivity contribution is -0.145. The molecule has 1 heterocycles. The summed E-state index contributed by atoms with van der Waals surface area (Å²) in [5, 5.41) is 9.27. The molecule has 2 aromatic rings. The van der Waals surface area contributed by atoms with E-state index in [1.165, 1.54) is 38.6 Å². The summed E-state index contributed by atoms with van der Waals surface area (Å²) in [4.78, 5) is 25.1. The van der Waals surface area contributed by atoms with Gasteiger partial charge in [-0.3, -0.25) is 9.59 Å². The molecule has 178 valence electrons. The first-order chi connectivity index (χ1) is 15.3. The number of nitrogens with two attached hydrogens (primary N) is 1. The molecule has 8 nitrogen and oxygen atoms in total. The summed E-state index contributed by atoms with van der Waals surface area (Å²) in [6.45, 7) is 8.36. The van der Waals surface area contributed by atoms with Crippen LogP contribution in [0.15, 0.2) is 42.6 Å². The molecule has 1 amide bonds. The number of carbonyl (C=O) groups is 2. The van der Waals surface area contributed by atoms with Crippen LogP contribution in [0, 0.1) is 0 Å². The van der Waals surface area contributed by atoms with E-state index in [1.54, 1.807) is 6.92 Å². The number of aromatic hydroxyl groups is 1. The first kappa shape index (κ1) is 28.7. The Balaban J connectivity index is 0.000000505. The number of nitrogens with zero attached hydrogens (tertiary/aromatic N) is 1. The largest absolute Gasteiger partial charge is 0.503 e. The van der Waals surface area contributed by atoms with E-state index >= 15 is 0 Å². The van der Waals surface area contributed by atoms with Crippen molar-refractivity contribution in [3.05, 3.63) is 48.3 Å². The number of carbonyl (C=O) groups excluding carboxylic acids is 2. The van der Waals surface area contributed by atoms with Crippen molar-refractivity contribution in [1.82, 2.24) is 4.98 Å². The van der Waals surface area contributed by atoms with Crippen LogP contribution in [0.4, 0.5) is 0 Å². The van der Waals surface area contributed by atoms with E-state index in [0.717, 1.165) is 5.75 Å². The maximum atomic E-state index is 10.9. The summed E-state index contributed by atoms with van der Waals surface area (Å²) < 4.78 is 15.2. The van der Waals surface area contributed by atoms with Crippen LogP contribution in [0.1, 0.15) is 63.9 Å². The molecule has 0 bridgehead atoms. The van der Waals surface area contributed by atoms with Crippen molar-refractivity contribution in [2.45, 2.75) is 59.5 Å². The summed E-state index contributed by atoms with van der Waals surface area (Å²) in [5.41, 5.74) is 4.74. The van der Waals surface area contributed by atoms with Gasteiger partial charge in [-0.2, -0.15) is 0 Å². The second kappa shape index (κ2) is 17.4. The molecule has 0 aliphatic carbocycles. The molecule has 1 aromatic carbocycles. The van der Waals surface area contributed by atoms with Gasteiger partial charge in [0.1, 0.15) is 18.5 Å². The van der Waals surface area contributed by atoms with Gasteiger partial charge in [0.05, 0.1) is 7.11 Å². The van der Waals surface area contributed by atoms with Crippen molar-refractivity contribution in [1.29, 1.82) is 0 Å². The molecule has 0 aliphatic rings. The molecule has 1 aromatic heterocycles. The summed E-state index contributed by atoms with van der Waals surface area (Å²) in [7, 11) is 1.37. The highest BCUT2D eigenvalue weighted by Gasteiger charge is 2.12. The highest BCUT2D eigenvalue weighted by Crippen LogP contribution is 2.26. The second-order valence-corrected chi connectivity index (χ2v) is 6.71. The van der Waals surface area contributed by atoms with Crippen LogP contribution >= 0.6 is 0 Å². The standard InChI is InChI=1S/C12H16O3.C7H8N2O3.C5H12/c1-3-12(13)14-9-10(2)15-11-7-5-4-6-8-11;1-12-4-2-3-9-5(6(4)10)7(8)11;1-3-5-4-2/h4-8,10H,3,9H2,1-2H3;2-3,10H,1H3,(H2,8,11);3-5H2,1-2H3. The van der Waals surface area contributed by atoms with Gasteiger partial charge in [-0.15, -0.1) is 0 Å². The molecule has 0 fully saturated rings. The van der Waals surface area contributed by atoms with E-state index in [9.17, 15) is 14.7 Å². The van der Waals surface area contributed by atoms with Gasteiger partial charge in [0.25, 0.3) is 5.91 Å². The Hall–Kier alpha value is -3.29. The predicted molar refractivity (Wildman–Crippen MR) is 124 cm³/mol. The van der Waals surface area contributed by atoms with E-state index in [1.807, 2.05) is 37.3 Å². The molecule has 3 N–H and O–H groups in total. The molecular formula is C24H36N2O6. The molecule has 0 spiro atoms. The van der Waals surface area contributed by atoms with Crippen molar-refractivity contribution in [3.63, 3.8) is 0 Å². The van der Waals surface area contributed by atoms with Crippen molar-refractivity contribution in [3.8, 4) is 17.2 Å². The number of hydrogen-bond donors (Lipinski definition) is 2. The monoisotopic (exact) mass is 448 g/mol. The maximum Gasteiger partial charge on any atom is 0.305 e. The predicted octanol–water partition coefficient (Wildman–Crippen LogP) is 4.50. The Morgan fingerprint density at radius 1 is 1.09 bits per heavy atom. The number of methoxy groups -OCH3 is 1. The van der Waals surface area contributed by atoms with Gasteiger partial charge >= 0.3 is 5.97 Å². The Kier molecular flexibility index (Phi) is 15.6. The number of para-hydroxylation sites is 1. The molecule has 2 rings (SSSR count). The summed E-state index contributed by atoms with van der Waals surface area (Å²) >= 11 is 0. The number of esters is 1. The van der Waals surface area contributed by atoms with E-state index in [2.05, 4.69) is 18.8 Å². The van der Waals surface area contributed by atoms with Crippen molar-refractivity contribution in [2.24, 2.45) is 5.73 Å². The fraction of sp³-hybridized carbons (Fsp3) is 0.458. The van der Waals surface area contributed by atoms with Gasteiger partial charge in [0, 0.05) is 18.7 Å². The number of unbranched alkanes of at least 4 members (excludes halogenated alkanes) is 2. The van der Waals surface area contributed by atoms with E-state index < -0.39 is 5.91 Å². The lowest BCUT2D eigenvalue weighted by atomic mass is 10.3. The van der Waals surface area contributed by atoms with Gasteiger partial charge in [0.2, 0.25) is 0 Å². The van der Waals surface area contributed by atoms with Crippen molar-refractivity contribution < 1.29 is 28.9 Å². The van der Waals surface area contributed by atoms with Crippen molar-refractivity contribution >= 4 is 11.9 Å². The molecule has 1 atom stereocenters. The second-order valence-electron chi connectivity index (χ2n) is 6.71. The molecule has 0 radical (unpaired) electrons. The minimum absolute atomic E-state index is 0.122. The summed E-state index contributed by atoms with van der Waals surface area (Å²) in [6.07, 6.45) is 5.69. The SMILES string of the molecule is CCC(=O)OCC(C)Oc1ccccc1.CCCCC.COc1ccnc(C(N)=O)c1O. The minimum atomic E-state index is -0.786. The van der Waals surface area contributed by atoms with Crippen molar-refractivity contribution in [2.75, 3.05) is 13.7 Å². The molecule has 0 saturated carbocycles. The van der Waals surface area contributed by atoms with Crippen LogP contribution in [-0.4, -0.2) is 41.8 Å². The maximum absolute atomic E-state index is 10.9. The number of rotatable bonds is 9. The molecule has 0 aliphatic heterocycles. The molecule has 32 heavy (non-hydrogen) atoms. The number of hydrogen-bond acceptors (Lipinski definition) is 7. The number of pyridine rings is 1. The lowest BCUT2D eigenvalue weighted by Crippen LogP contribution is -2.21. The number of aromatic nitrogens is 1. The normalized spacial score (nSPS) is 10.4. The van der Waals surface area contributed by atoms with Gasteiger partial charge in [0.15, 0.2) is 17.2 Å². The Morgan fingerprint density at radius 2 is 1.72 bits per heavy atom. The smallest absolute Gasteiger partial charge is 0.305 e. The third-order valence-electron chi connectivity index (χ3n) is 3.90. The fourth-order valence-electron chi connectivity index (χ4n) is 2.21. The Bertz CT molecular complexity index is 781. The van der Waals surface area contributed by atoms with Crippen LogP contribution in [0.3, 0.4) is 0 Å². The average Bonchev–Trinajstić information content (AvgIpc) is 2.79. The van der Waals surface area contributed by atoms with E-state index in [0.29, 0.717) is 13.0 Å². The lowest BCUT2D eigenvalue weighted by Gasteiger charge is -2.14. The van der Waals surface area contributed by atoms with Gasteiger partial charge in [-0.05, 0) is 19.1 Å². The molecule has 1 unspecified atom stereocenters. The summed E-state index contributed by atoms with van der Waals surface area (Å²) in [6, 6.07) is 10.9. The minimum Gasteiger partial charge on any atom is -0.503 e. The zero-order valence-electron chi connectivity index (χ0n) is 19.7. The molecular weight excluding hydrogens is 412 g/mol. The fourth-order valence-corrected chi connectivity index (χ4v) is 2.21. The first-order valence-corrected chi connectivity index (χ1v) is 10.7. The molecule has 0 saturated heterocycles. The number of amides is 1. The highest BCUT2D eigenvalue weighted by atomic mass is 16.6. The van der Waals surface area contributed by atoms with Gasteiger partial charge < -0.3 is 25.1 Å².